The number of rotatable bonds is 4. The summed E-state index contributed by atoms with van der Waals surface area (Å²) in [5.41, 5.74) is 4.80. The molecule has 4 aromatic rings. The number of piperidine rings is 1. The van der Waals surface area contributed by atoms with Crippen molar-refractivity contribution in [3.8, 4) is 0 Å². The zero-order valence-electron chi connectivity index (χ0n) is 19.3. The highest BCUT2D eigenvalue weighted by Crippen LogP contribution is 2.35. The molecular formula is C28H26ClFN4O. The van der Waals surface area contributed by atoms with Gasteiger partial charge in [-0.05, 0) is 54.8 Å². The molecule has 1 amide bonds. The number of hydrogen-bond donors (Lipinski definition) is 1. The number of anilines is 2. The van der Waals surface area contributed by atoms with Gasteiger partial charge in [0.25, 0.3) is 5.91 Å². The monoisotopic (exact) mass is 488 g/mol. The second kappa shape index (κ2) is 8.93. The van der Waals surface area contributed by atoms with Crippen molar-refractivity contribution < 1.29 is 9.18 Å². The number of fused-ring (bicyclic) bond motifs is 2. The third kappa shape index (κ3) is 4.12. The van der Waals surface area contributed by atoms with Gasteiger partial charge in [-0.2, -0.15) is 0 Å². The van der Waals surface area contributed by atoms with E-state index in [1.165, 1.54) is 23.5 Å². The topological polar surface area (TPSA) is 40.5 Å². The molecule has 2 aliphatic heterocycles. The summed E-state index contributed by atoms with van der Waals surface area (Å²) in [6, 6.07) is 20.9. The van der Waals surface area contributed by atoms with Gasteiger partial charge in [-0.1, -0.05) is 41.9 Å². The second-order valence-corrected chi connectivity index (χ2v) is 9.74. The third-order valence-corrected chi connectivity index (χ3v) is 7.40. The Kier molecular flexibility index (Phi) is 5.61. The number of carbonyl (C=O) groups is 1. The van der Waals surface area contributed by atoms with Crippen LogP contribution in [0.15, 0.2) is 72.9 Å². The molecule has 7 heteroatoms. The lowest BCUT2D eigenvalue weighted by Gasteiger charge is -2.37. The van der Waals surface area contributed by atoms with Crippen LogP contribution in [0.1, 0.15) is 28.8 Å². The van der Waals surface area contributed by atoms with Gasteiger partial charge in [0.15, 0.2) is 0 Å². The smallest absolute Gasteiger partial charge is 0.256 e. The van der Waals surface area contributed by atoms with E-state index in [0.717, 1.165) is 36.0 Å². The van der Waals surface area contributed by atoms with Gasteiger partial charge in [0.2, 0.25) is 0 Å². The highest BCUT2D eigenvalue weighted by molar-refractivity contribution is 6.31. The Bertz CT molecular complexity index is 1410. The van der Waals surface area contributed by atoms with Crippen molar-refractivity contribution in [1.82, 2.24) is 9.47 Å². The van der Waals surface area contributed by atoms with Crippen LogP contribution in [0, 0.1) is 5.82 Å². The predicted molar refractivity (Wildman–Crippen MR) is 139 cm³/mol. The molecule has 0 atom stereocenters. The van der Waals surface area contributed by atoms with Crippen molar-refractivity contribution in [3.63, 3.8) is 0 Å². The maximum atomic E-state index is 13.8. The molecule has 1 aromatic heterocycles. The van der Waals surface area contributed by atoms with Crippen LogP contribution in [-0.2, 0) is 6.54 Å². The molecule has 1 fully saturated rings. The average molecular weight is 489 g/mol. The highest BCUT2D eigenvalue weighted by Gasteiger charge is 2.31. The molecule has 0 aliphatic carbocycles. The van der Waals surface area contributed by atoms with Crippen molar-refractivity contribution >= 4 is 39.8 Å². The summed E-state index contributed by atoms with van der Waals surface area (Å²) < 4.78 is 15.7. The Morgan fingerprint density at radius 1 is 1.03 bits per heavy atom. The van der Waals surface area contributed by atoms with Gasteiger partial charge in [-0.25, -0.2) is 4.39 Å². The Morgan fingerprint density at radius 2 is 1.86 bits per heavy atom. The summed E-state index contributed by atoms with van der Waals surface area (Å²) in [4.78, 5) is 18.0. The Labute approximate surface area is 208 Å². The zero-order chi connectivity index (χ0) is 23.9. The summed E-state index contributed by atoms with van der Waals surface area (Å²) in [7, 11) is 0. The molecule has 0 bridgehead atoms. The lowest BCUT2D eigenvalue weighted by Crippen LogP contribution is -2.46. The number of likely N-dealkylation sites (tertiary alicyclic amines) is 1. The molecule has 178 valence electrons. The lowest BCUT2D eigenvalue weighted by molar-refractivity contribution is 0.0714. The molecule has 3 heterocycles. The van der Waals surface area contributed by atoms with Gasteiger partial charge >= 0.3 is 0 Å². The van der Waals surface area contributed by atoms with Crippen molar-refractivity contribution in [2.75, 3.05) is 30.0 Å². The van der Waals surface area contributed by atoms with E-state index in [0.29, 0.717) is 36.3 Å². The number of nitrogens with zero attached hydrogens (tertiary/aromatic N) is 3. The van der Waals surface area contributed by atoms with Gasteiger partial charge in [-0.15, -0.1) is 0 Å². The summed E-state index contributed by atoms with van der Waals surface area (Å²) >= 11 is 6.29. The van der Waals surface area contributed by atoms with Crippen LogP contribution < -0.4 is 10.2 Å². The minimum atomic E-state index is -0.271. The second-order valence-electron chi connectivity index (χ2n) is 9.31. The van der Waals surface area contributed by atoms with E-state index in [-0.39, 0.29) is 11.7 Å². The molecule has 0 radical (unpaired) electrons. The largest absolute Gasteiger partial charge is 0.366 e. The summed E-state index contributed by atoms with van der Waals surface area (Å²) in [6.45, 7) is 2.70. The normalized spacial score (nSPS) is 15.9. The van der Waals surface area contributed by atoms with Crippen LogP contribution in [-0.4, -0.2) is 41.2 Å². The van der Waals surface area contributed by atoms with Gasteiger partial charge < -0.3 is 19.7 Å². The van der Waals surface area contributed by atoms with Crippen LogP contribution in [0.2, 0.25) is 5.02 Å². The van der Waals surface area contributed by atoms with Crippen LogP contribution in [0.25, 0.3) is 10.9 Å². The quantitative estimate of drug-likeness (QED) is 0.384. The van der Waals surface area contributed by atoms with Gasteiger partial charge in [0.05, 0.1) is 29.1 Å². The van der Waals surface area contributed by atoms with E-state index in [2.05, 4.69) is 34.5 Å². The molecule has 3 aromatic carbocycles. The number of carbonyl (C=O) groups excluding carboxylic acids is 1. The maximum absolute atomic E-state index is 13.8. The number of halogens is 2. The Hall–Kier alpha value is -3.51. The van der Waals surface area contributed by atoms with E-state index in [1.807, 2.05) is 39.9 Å². The molecule has 0 saturated carbocycles. The predicted octanol–water partition coefficient (Wildman–Crippen LogP) is 5.98. The van der Waals surface area contributed by atoms with Crippen LogP contribution in [0.3, 0.4) is 0 Å². The number of hydrogen-bond acceptors (Lipinski definition) is 3. The fraction of sp³-hybridized carbons (Fsp3) is 0.250. The number of nitrogens with one attached hydrogen (secondary N) is 1. The van der Waals surface area contributed by atoms with E-state index < -0.39 is 0 Å². The van der Waals surface area contributed by atoms with E-state index in [1.54, 1.807) is 6.07 Å². The maximum Gasteiger partial charge on any atom is 0.256 e. The molecular weight excluding hydrogens is 463 g/mol. The van der Waals surface area contributed by atoms with Crippen LogP contribution >= 0.6 is 11.6 Å². The van der Waals surface area contributed by atoms with Crippen molar-refractivity contribution in [2.45, 2.75) is 25.4 Å². The standard InChI is InChI=1S/C28H26ClFN4O/c29-20-8-9-23-24(17-33(27(23)15-20)16-19-4-3-5-21(30)14-19)28(35)32-12-10-22(11-13-32)34-18-31-25-6-1-2-7-26(25)34/h1-9,14-15,17,22,31H,10-13,16,18H2. The number of aromatic nitrogens is 1. The summed E-state index contributed by atoms with van der Waals surface area (Å²) in [5, 5.41) is 4.94. The molecule has 2 aliphatic rings. The third-order valence-electron chi connectivity index (χ3n) is 7.16. The fourth-order valence-electron chi connectivity index (χ4n) is 5.40. The van der Waals surface area contributed by atoms with Crippen molar-refractivity contribution in [3.05, 3.63) is 94.9 Å². The summed E-state index contributed by atoms with van der Waals surface area (Å²) in [6.07, 6.45) is 3.74. The van der Waals surface area contributed by atoms with Gasteiger partial charge in [0.1, 0.15) is 5.82 Å². The molecule has 0 unspecified atom stereocenters. The van der Waals surface area contributed by atoms with Crippen LogP contribution in [0.4, 0.5) is 15.8 Å². The zero-order valence-corrected chi connectivity index (χ0v) is 20.0. The van der Waals surface area contributed by atoms with Crippen molar-refractivity contribution in [2.24, 2.45) is 0 Å². The van der Waals surface area contributed by atoms with E-state index in [9.17, 15) is 9.18 Å². The molecule has 0 spiro atoms. The number of para-hydroxylation sites is 2. The minimum Gasteiger partial charge on any atom is -0.366 e. The average Bonchev–Trinajstić information content (AvgIpc) is 3.45. The Balaban J connectivity index is 1.23. The highest BCUT2D eigenvalue weighted by atomic mass is 35.5. The molecule has 35 heavy (non-hydrogen) atoms. The van der Waals surface area contributed by atoms with E-state index in [4.69, 9.17) is 11.6 Å². The van der Waals surface area contributed by atoms with E-state index >= 15 is 0 Å². The molecule has 1 saturated heterocycles. The number of benzene rings is 3. The SMILES string of the molecule is O=C(c1cn(Cc2cccc(F)c2)c2cc(Cl)ccc12)N1CCC(N2CNc3ccccc32)CC1. The molecule has 6 rings (SSSR count). The molecule has 1 N–H and O–H groups in total. The first-order chi connectivity index (χ1) is 17.1. The number of amides is 1. The minimum absolute atomic E-state index is 0.0358. The first-order valence-corrected chi connectivity index (χ1v) is 12.4. The van der Waals surface area contributed by atoms with Gasteiger partial charge in [-0.3, -0.25) is 4.79 Å². The Morgan fingerprint density at radius 3 is 2.69 bits per heavy atom. The first kappa shape index (κ1) is 22.0. The van der Waals surface area contributed by atoms with Gasteiger partial charge in [0, 0.05) is 42.3 Å². The van der Waals surface area contributed by atoms with Crippen molar-refractivity contribution in [1.29, 1.82) is 0 Å². The van der Waals surface area contributed by atoms with Crippen LogP contribution in [0.5, 0.6) is 0 Å². The summed E-state index contributed by atoms with van der Waals surface area (Å²) in [5.74, 6) is -0.235. The lowest BCUT2D eigenvalue weighted by atomic mass is 10.0. The molecule has 5 nitrogen and oxygen atoms in total. The fourth-order valence-corrected chi connectivity index (χ4v) is 5.57. The first-order valence-electron chi connectivity index (χ1n) is 12.0.